The third kappa shape index (κ3) is 3.70. The normalized spacial score (nSPS) is 16.8. The van der Waals surface area contributed by atoms with Crippen molar-refractivity contribution < 1.29 is 13.6 Å². The predicted octanol–water partition coefficient (Wildman–Crippen LogP) is 3.46. The van der Waals surface area contributed by atoms with Gasteiger partial charge >= 0.3 is 0 Å². The Balaban J connectivity index is 2.00. The molecular weight excluding hydrogens is 282 g/mol. The zero-order chi connectivity index (χ0) is 14.6. The van der Waals surface area contributed by atoms with Crippen LogP contribution in [0.1, 0.15) is 25.7 Å². The van der Waals surface area contributed by atoms with Crippen LogP contribution < -0.4 is 11.1 Å². The van der Waals surface area contributed by atoms with E-state index in [0.717, 1.165) is 19.3 Å². The molecule has 0 unspecified atom stereocenters. The molecule has 1 fully saturated rings. The van der Waals surface area contributed by atoms with E-state index in [2.05, 4.69) is 5.32 Å². The second kappa shape index (κ2) is 6.54. The first-order valence-corrected chi connectivity index (χ1v) is 7.46. The van der Waals surface area contributed by atoms with Gasteiger partial charge in [-0.15, -0.1) is 0 Å². The van der Waals surface area contributed by atoms with Crippen molar-refractivity contribution in [3.63, 3.8) is 0 Å². The summed E-state index contributed by atoms with van der Waals surface area (Å²) >= 11 is 0.438. The monoisotopic (exact) mass is 300 g/mol. The number of nitrogens with two attached hydrogens (primary N) is 1. The summed E-state index contributed by atoms with van der Waals surface area (Å²) in [4.78, 5) is 12.4. The number of benzene rings is 1. The molecule has 3 N–H and O–H groups in total. The Morgan fingerprint density at radius 3 is 2.65 bits per heavy atom. The Morgan fingerprint density at radius 1 is 1.40 bits per heavy atom. The number of thioether (sulfide) groups is 1. The lowest BCUT2D eigenvalue weighted by Crippen LogP contribution is -2.40. The molecule has 1 saturated carbocycles. The molecule has 0 spiro atoms. The van der Waals surface area contributed by atoms with E-state index in [-0.39, 0.29) is 11.3 Å². The molecule has 0 saturated heterocycles. The zero-order valence-electron chi connectivity index (χ0n) is 11.1. The Hall–Kier alpha value is -1.14. The lowest BCUT2D eigenvalue weighted by molar-refractivity contribution is -0.119. The van der Waals surface area contributed by atoms with Crippen LogP contribution in [-0.4, -0.2) is 18.2 Å². The maximum atomic E-state index is 12.5. The molecule has 110 valence electrons. The van der Waals surface area contributed by atoms with Gasteiger partial charge in [0, 0.05) is 11.3 Å². The first-order valence-electron chi connectivity index (χ1n) is 6.58. The van der Waals surface area contributed by atoms with Crippen LogP contribution in [0.5, 0.6) is 0 Å². The molecule has 2 rings (SSSR count). The highest BCUT2D eigenvalue weighted by molar-refractivity contribution is 7.99. The summed E-state index contributed by atoms with van der Waals surface area (Å²) in [5, 5.41) is 2.73. The number of hydrogen-bond acceptors (Lipinski definition) is 3. The van der Waals surface area contributed by atoms with E-state index in [1.807, 2.05) is 0 Å². The number of halogens is 2. The van der Waals surface area contributed by atoms with E-state index >= 15 is 0 Å². The number of amides is 1. The minimum absolute atomic E-state index is 0.0884. The van der Waals surface area contributed by atoms with Crippen molar-refractivity contribution in [2.24, 2.45) is 11.1 Å². The fraction of sp³-hybridized carbons (Fsp3) is 0.500. The summed E-state index contributed by atoms with van der Waals surface area (Å²) in [6, 6.07) is 6.61. The second-order valence-corrected chi connectivity index (χ2v) is 6.19. The van der Waals surface area contributed by atoms with Crippen LogP contribution in [0.15, 0.2) is 29.2 Å². The minimum atomic E-state index is -2.50. The van der Waals surface area contributed by atoms with Crippen LogP contribution in [0.25, 0.3) is 0 Å². The topological polar surface area (TPSA) is 55.1 Å². The molecule has 0 radical (unpaired) electrons. The van der Waals surface area contributed by atoms with Gasteiger partial charge in [-0.25, -0.2) is 0 Å². The molecule has 6 heteroatoms. The Labute approximate surface area is 121 Å². The minimum Gasteiger partial charge on any atom is -0.330 e. The molecule has 0 atom stereocenters. The number of rotatable bonds is 6. The molecule has 1 amide bonds. The van der Waals surface area contributed by atoms with Gasteiger partial charge in [0.2, 0.25) is 5.91 Å². The largest absolute Gasteiger partial charge is 0.330 e. The summed E-state index contributed by atoms with van der Waals surface area (Å²) in [7, 11) is 0. The second-order valence-electron chi connectivity index (χ2n) is 5.16. The van der Waals surface area contributed by atoms with E-state index in [1.54, 1.807) is 24.3 Å². The molecule has 0 aromatic heterocycles. The van der Waals surface area contributed by atoms with E-state index in [9.17, 15) is 13.6 Å². The SMILES string of the molecule is NCC1(CC(=O)Nc2ccccc2SC(F)F)CCC1. The maximum Gasteiger partial charge on any atom is 0.288 e. The zero-order valence-corrected chi connectivity index (χ0v) is 11.9. The average Bonchev–Trinajstić information content (AvgIpc) is 2.36. The third-order valence-corrected chi connectivity index (χ3v) is 4.55. The molecule has 3 nitrogen and oxygen atoms in total. The first kappa shape index (κ1) is 15.3. The van der Waals surface area contributed by atoms with Crippen molar-refractivity contribution in [1.82, 2.24) is 0 Å². The Morgan fingerprint density at radius 2 is 2.10 bits per heavy atom. The number of nitrogens with one attached hydrogen (secondary N) is 1. The van der Waals surface area contributed by atoms with E-state index < -0.39 is 5.76 Å². The van der Waals surface area contributed by atoms with Crippen LogP contribution in [0.2, 0.25) is 0 Å². The summed E-state index contributed by atoms with van der Waals surface area (Å²) in [5.41, 5.74) is 6.07. The van der Waals surface area contributed by atoms with Crippen LogP contribution in [-0.2, 0) is 4.79 Å². The summed E-state index contributed by atoms with van der Waals surface area (Å²) in [5.74, 6) is -2.66. The first-order chi connectivity index (χ1) is 9.54. The number of hydrogen-bond donors (Lipinski definition) is 2. The summed E-state index contributed by atoms with van der Waals surface area (Å²) in [6.45, 7) is 0.494. The van der Waals surface area contributed by atoms with Gasteiger partial charge in [0.25, 0.3) is 5.76 Å². The predicted molar refractivity (Wildman–Crippen MR) is 76.9 cm³/mol. The van der Waals surface area contributed by atoms with E-state index in [4.69, 9.17) is 5.73 Å². The lowest BCUT2D eigenvalue weighted by Gasteiger charge is -2.40. The van der Waals surface area contributed by atoms with Crippen LogP contribution in [0.3, 0.4) is 0 Å². The van der Waals surface area contributed by atoms with Gasteiger partial charge in [-0.3, -0.25) is 4.79 Å². The quantitative estimate of drug-likeness (QED) is 0.791. The average molecular weight is 300 g/mol. The molecule has 1 aromatic carbocycles. The van der Waals surface area contributed by atoms with Crippen molar-refractivity contribution in [1.29, 1.82) is 0 Å². The van der Waals surface area contributed by atoms with Crippen molar-refractivity contribution in [2.45, 2.75) is 36.3 Å². The molecule has 1 aliphatic carbocycles. The lowest BCUT2D eigenvalue weighted by atomic mass is 9.66. The fourth-order valence-electron chi connectivity index (χ4n) is 2.43. The van der Waals surface area contributed by atoms with Crippen LogP contribution >= 0.6 is 11.8 Å². The number of para-hydroxylation sites is 1. The van der Waals surface area contributed by atoms with Gasteiger partial charge in [-0.1, -0.05) is 30.3 Å². The smallest absolute Gasteiger partial charge is 0.288 e. The molecule has 20 heavy (non-hydrogen) atoms. The number of carbonyl (C=O) groups excluding carboxylic acids is 1. The Kier molecular flexibility index (Phi) is 4.99. The Bertz CT molecular complexity index is 472. The number of anilines is 1. The molecule has 0 heterocycles. The molecule has 0 aliphatic heterocycles. The van der Waals surface area contributed by atoms with Crippen molar-refractivity contribution in [3.05, 3.63) is 24.3 Å². The highest BCUT2D eigenvalue weighted by atomic mass is 32.2. The van der Waals surface area contributed by atoms with E-state index in [1.165, 1.54) is 0 Å². The van der Waals surface area contributed by atoms with Gasteiger partial charge in [0.05, 0.1) is 5.69 Å². The van der Waals surface area contributed by atoms with Gasteiger partial charge in [-0.05, 0) is 36.9 Å². The van der Waals surface area contributed by atoms with Crippen molar-refractivity contribution >= 4 is 23.4 Å². The highest BCUT2D eigenvalue weighted by Gasteiger charge is 2.37. The van der Waals surface area contributed by atoms with E-state index in [0.29, 0.717) is 35.3 Å². The standard InChI is InChI=1S/C14H18F2N2OS/c15-13(16)20-11-5-2-1-4-10(11)18-12(19)8-14(9-17)6-3-7-14/h1-2,4-5,13H,3,6-9,17H2,(H,18,19). The summed E-state index contributed by atoms with van der Waals surface area (Å²) in [6.07, 6.45) is 3.38. The van der Waals surface area contributed by atoms with Crippen LogP contribution in [0, 0.1) is 5.41 Å². The molecule has 1 aliphatic rings. The van der Waals surface area contributed by atoms with Crippen molar-refractivity contribution in [2.75, 3.05) is 11.9 Å². The van der Waals surface area contributed by atoms with Crippen molar-refractivity contribution in [3.8, 4) is 0 Å². The number of alkyl halides is 2. The number of carbonyl (C=O) groups is 1. The maximum absolute atomic E-state index is 12.5. The molecular formula is C14H18F2N2OS. The van der Waals surface area contributed by atoms with Gasteiger partial charge in [0.1, 0.15) is 0 Å². The molecule has 1 aromatic rings. The van der Waals surface area contributed by atoms with Crippen LogP contribution in [0.4, 0.5) is 14.5 Å². The molecule has 0 bridgehead atoms. The van der Waals surface area contributed by atoms with Gasteiger partial charge in [-0.2, -0.15) is 8.78 Å². The van der Waals surface area contributed by atoms with Gasteiger partial charge < -0.3 is 11.1 Å². The third-order valence-electron chi connectivity index (χ3n) is 3.76. The van der Waals surface area contributed by atoms with Gasteiger partial charge in [0.15, 0.2) is 0 Å². The highest BCUT2D eigenvalue weighted by Crippen LogP contribution is 2.43. The fourth-order valence-corrected chi connectivity index (χ4v) is 3.03. The summed E-state index contributed by atoms with van der Waals surface area (Å²) < 4.78 is 24.9.